The van der Waals surface area contributed by atoms with E-state index in [9.17, 15) is 0 Å². The van der Waals surface area contributed by atoms with Gasteiger partial charge in [0.2, 0.25) is 0 Å². The molecule has 0 aliphatic heterocycles. The SMILES string of the molecule is CCCCCCC1CCC2CC(c3ccc4c(c3)CCC(CC)C4)CCC2C1. The van der Waals surface area contributed by atoms with Crippen molar-refractivity contribution in [2.75, 3.05) is 0 Å². The number of aryl methyl sites for hydroxylation is 1. The topological polar surface area (TPSA) is 0 Å². The fourth-order valence-corrected chi connectivity index (χ4v) is 6.86. The molecule has 0 bridgehead atoms. The summed E-state index contributed by atoms with van der Waals surface area (Å²) < 4.78 is 0. The van der Waals surface area contributed by atoms with Crippen LogP contribution < -0.4 is 0 Å². The maximum Gasteiger partial charge on any atom is -0.0159 e. The van der Waals surface area contributed by atoms with Crippen molar-refractivity contribution in [3.8, 4) is 0 Å². The van der Waals surface area contributed by atoms with Gasteiger partial charge in [-0.05, 0) is 97.6 Å². The van der Waals surface area contributed by atoms with Crippen molar-refractivity contribution in [1.29, 1.82) is 0 Å². The summed E-state index contributed by atoms with van der Waals surface area (Å²) in [6.45, 7) is 4.69. The van der Waals surface area contributed by atoms with Gasteiger partial charge < -0.3 is 0 Å². The van der Waals surface area contributed by atoms with Crippen LogP contribution in [-0.2, 0) is 12.8 Å². The lowest BCUT2D eigenvalue weighted by atomic mass is 9.63. The summed E-state index contributed by atoms with van der Waals surface area (Å²) >= 11 is 0. The quantitative estimate of drug-likeness (QED) is 0.416. The summed E-state index contributed by atoms with van der Waals surface area (Å²) in [5, 5.41) is 0. The number of benzene rings is 1. The highest BCUT2D eigenvalue weighted by atomic mass is 14.4. The Morgan fingerprint density at radius 3 is 2.50 bits per heavy atom. The minimum atomic E-state index is 0.858. The molecule has 0 saturated heterocycles. The van der Waals surface area contributed by atoms with Gasteiger partial charge in [-0.1, -0.05) is 77.0 Å². The molecule has 3 aliphatic rings. The lowest BCUT2D eigenvalue weighted by Gasteiger charge is -2.42. The summed E-state index contributed by atoms with van der Waals surface area (Å²) in [5.41, 5.74) is 5.05. The van der Waals surface area contributed by atoms with Crippen molar-refractivity contribution in [3.05, 3.63) is 34.9 Å². The minimum absolute atomic E-state index is 0.858. The molecular weight excluding hydrogens is 336 g/mol. The second-order valence-corrected chi connectivity index (χ2v) is 10.6. The number of hydrogen-bond acceptors (Lipinski definition) is 0. The van der Waals surface area contributed by atoms with Gasteiger partial charge in [-0.2, -0.15) is 0 Å². The van der Waals surface area contributed by atoms with E-state index in [1.54, 1.807) is 23.1 Å². The van der Waals surface area contributed by atoms with Crippen LogP contribution >= 0.6 is 0 Å². The van der Waals surface area contributed by atoms with Crippen LogP contribution in [0.25, 0.3) is 0 Å². The smallest absolute Gasteiger partial charge is 0.0159 e. The average molecular weight is 381 g/mol. The molecule has 5 atom stereocenters. The van der Waals surface area contributed by atoms with Crippen LogP contribution in [0.2, 0.25) is 0 Å². The maximum absolute atomic E-state index is 2.63. The van der Waals surface area contributed by atoms with Gasteiger partial charge in [-0.25, -0.2) is 0 Å². The molecule has 0 spiro atoms. The first-order valence-electron chi connectivity index (χ1n) is 12.9. The third kappa shape index (κ3) is 4.85. The Labute approximate surface area is 174 Å². The standard InChI is InChI=1S/C28H44/c1-3-5-6-7-8-22-10-12-26-20-28(16-14-24(26)18-22)27-15-13-23-17-21(4-2)9-11-25(23)19-27/h13,15,19,21-22,24,26,28H,3-12,14,16-18,20H2,1-2H3. The zero-order valence-electron chi connectivity index (χ0n) is 18.7. The van der Waals surface area contributed by atoms with Gasteiger partial charge in [0.1, 0.15) is 0 Å². The summed E-state index contributed by atoms with van der Waals surface area (Å²) in [5.74, 6) is 4.95. The van der Waals surface area contributed by atoms with E-state index in [1.807, 2.05) is 0 Å². The van der Waals surface area contributed by atoms with E-state index >= 15 is 0 Å². The summed E-state index contributed by atoms with van der Waals surface area (Å²) in [6.07, 6.45) is 21.8. The van der Waals surface area contributed by atoms with Crippen molar-refractivity contribution < 1.29 is 0 Å². The highest BCUT2D eigenvalue weighted by Gasteiger charge is 2.36. The third-order valence-electron chi connectivity index (χ3n) is 8.80. The first kappa shape index (κ1) is 20.5. The second kappa shape index (κ2) is 9.82. The van der Waals surface area contributed by atoms with Crippen LogP contribution in [0.4, 0.5) is 0 Å². The highest BCUT2D eigenvalue weighted by molar-refractivity contribution is 5.36. The first-order chi connectivity index (χ1) is 13.8. The maximum atomic E-state index is 2.63. The first-order valence-corrected chi connectivity index (χ1v) is 12.9. The molecule has 0 aromatic heterocycles. The van der Waals surface area contributed by atoms with Crippen molar-refractivity contribution in [2.24, 2.45) is 23.7 Å². The van der Waals surface area contributed by atoms with Gasteiger partial charge in [0.05, 0.1) is 0 Å². The molecule has 1 aromatic rings. The van der Waals surface area contributed by atoms with Crippen LogP contribution in [-0.4, -0.2) is 0 Å². The molecule has 0 heterocycles. The lowest BCUT2D eigenvalue weighted by molar-refractivity contribution is 0.113. The summed E-state index contributed by atoms with van der Waals surface area (Å²) in [6, 6.07) is 7.65. The average Bonchev–Trinajstić information content (AvgIpc) is 2.75. The van der Waals surface area contributed by atoms with Crippen molar-refractivity contribution >= 4 is 0 Å². The minimum Gasteiger partial charge on any atom is -0.0654 e. The summed E-state index contributed by atoms with van der Waals surface area (Å²) in [7, 11) is 0. The van der Waals surface area contributed by atoms with E-state index in [4.69, 9.17) is 0 Å². The van der Waals surface area contributed by atoms with Crippen LogP contribution in [0, 0.1) is 23.7 Å². The molecule has 2 fully saturated rings. The van der Waals surface area contributed by atoms with Crippen LogP contribution in [0.3, 0.4) is 0 Å². The normalized spacial score (nSPS) is 32.6. The summed E-state index contributed by atoms with van der Waals surface area (Å²) in [4.78, 5) is 0. The van der Waals surface area contributed by atoms with E-state index < -0.39 is 0 Å². The molecule has 28 heavy (non-hydrogen) atoms. The van der Waals surface area contributed by atoms with E-state index in [1.165, 1.54) is 89.9 Å². The molecule has 5 unspecified atom stereocenters. The predicted octanol–water partition coefficient (Wildman–Crippen LogP) is 8.47. The van der Waals surface area contributed by atoms with E-state index in [0.717, 1.165) is 29.6 Å². The molecule has 4 rings (SSSR count). The fourth-order valence-electron chi connectivity index (χ4n) is 6.86. The molecule has 0 N–H and O–H groups in total. The molecule has 3 aliphatic carbocycles. The highest BCUT2D eigenvalue weighted by Crippen LogP contribution is 2.48. The zero-order valence-corrected chi connectivity index (χ0v) is 18.7. The van der Waals surface area contributed by atoms with Gasteiger partial charge in [0.25, 0.3) is 0 Å². The van der Waals surface area contributed by atoms with Crippen LogP contribution in [0.5, 0.6) is 0 Å². The Morgan fingerprint density at radius 2 is 1.64 bits per heavy atom. The van der Waals surface area contributed by atoms with Crippen molar-refractivity contribution in [1.82, 2.24) is 0 Å². The largest absolute Gasteiger partial charge is 0.0654 e. The van der Waals surface area contributed by atoms with Crippen LogP contribution in [0.15, 0.2) is 18.2 Å². The Morgan fingerprint density at radius 1 is 0.786 bits per heavy atom. The van der Waals surface area contributed by atoms with Gasteiger partial charge in [-0.15, -0.1) is 0 Å². The predicted molar refractivity (Wildman–Crippen MR) is 122 cm³/mol. The monoisotopic (exact) mass is 380 g/mol. The van der Waals surface area contributed by atoms with Crippen molar-refractivity contribution in [2.45, 2.75) is 116 Å². The molecule has 0 nitrogen and oxygen atoms in total. The van der Waals surface area contributed by atoms with E-state index in [0.29, 0.717) is 0 Å². The number of fused-ring (bicyclic) bond motifs is 2. The zero-order chi connectivity index (χ0) is 19.3. The molecule has 0 amide bonds. The second-order valence-electron chi connectivity index (χ2n) is 10.6. The third-order valence-corrected chi connectivity index (χ3v) is 8.80. The molecule has 0 heteroatoms. The Balaban J connectivity index is 1.30. The van der Waals surface area contributed by atoms with Gasteiger partial charge in [0, 0.05) is 0 Å². The van der Waals surface area contributed by atoms with Gasteiger partial charge >= 0.3 is 0 Å². The molecular formula is C28H44. The molecule has 2 saturated carbocycles. The molecule has 1 aromatic carbocycles. The molecule has 0 radical (unpaired) electrons. The van der Waals surface area contributed by atoms with E-state index in [-0.39, 0.29) is 0 Å². The number of hydrogen-bond donors (Lipinski definition) is 0. The van der Waals surface area contributed by atoms with Gasteiger partial charge in [0.15, 0.2) is 0 Å². The number of unbranched alkanes of at least 4 members (excludes halogenated alkanes) is 3. The van der Waals surface area contributed by atoms with Crippen molar-refractivity contribution in [3.63, 3.8) is 0 Å². The Hall–Kier alpha value is -0.780. The molecule has 156 valence electrons. The fraction of sp³-hybridized carbons (Fsp3) is 0.786. The Bertz CT molecular complexity index is 614. The van der Waals surface area contributed by atoms with E-state index in [2.05, 4.69) is 32.0 Å². The Kier molecular flexibility index (Phi) is 7.18. The number of rotatable bonds is 7. The lowest BCUT2D eigenvalue weighted by Crippen LogP contribution is -2.30. The van der Waals surface area contributed by atoms with Gasteiger partial charge in [-0.3, -0.25) is 0 Å². The van der Waals surface area contributed by atoms with Crippen LogP contribution in [0.1, 0.15) is 120 Å².